The fourth-order valence-corrected chi connectivity index (χ4v) is 4.12. The molecule has 6 nitrogen and oxygen atoms in total. The van der Waals surface area contributed by atoms with Gasteiger partial charge in [0.05, 0.1) is 15.6 Å². The van der Waals surface area contributed by atoms with Crippen LogP contribution in [-0.4, -0.2) is 13.5 Å². The predicted octanol–water partition coefficient (Wildman–Crippen LogP) is 3.81. The van der Waals surface area contributed by atoms with Crippen molar-refractivity contribution >= 4 is 43.8 Å². The van der Waals surface area contributed by atoms with Crippen LogP contribution in [0.4, 0.5) is 11.4 Å². The molecule has 0 bridgehead atoms. The highest BCUT2D eigenvalue weighted by atomic mass is 35.5. The summed E-state index contributed by atoms with van der Waals surface area (Å²) in [5.41, 5.74) is 0.860. The summed E-state index contributed by atoms with van der Waals surface area (Å²) in [7, 11) is -3.97. The molecule has 0 atom stereocenters. The van der Waals surface area contributed by atoms with Crippen LogP contribution < -0.4 is 9.90 Å². The number of halogens is 1. The van der Waals surface area contributed by atoms with E-state index in [1.165, 1.54) is 24.3 Å². The first-order valence-corrected chi connectivity index (χ1v) is 10.1. The van der Waals surface area contributed by atoms with Gasteiger partial charge in [0.15, 0.2) is 0 Å². The Labute approximate surface area is 162 Å². The molecular weight excluding hydrogens is 388 g/mol. The van der Waals surface area contributed by atoms with Gasteiger partial charge in [0, 0.05) is 33.0 Å². The minimum Gasteiger partial charge on any atom is -0.506 e. The Morgan fingerprint density at radius 3 is 2.30 bits per heavy atom. The van der Waals surface area contributed by atoms with Gasteiger partial charge in [-0.3, -0.25) is 4.72 Å². The Morgan fingerprint density at radius 2 is 1.67 bits per heavy atom. The molecule has 0 saturated heterocycles. The molecule has 0 unspecified atom stereocenters. The van der Waals surface area contributed by atoms with Crippen molar-refractivity contribution in [1.29, 1.82) is 0 Å². The van der Waals surface area contributed by atoms with Crippen molar-refractivity contribution in [3.8, 4) is 5.75 Å². The smallest absolute Gasteiger partial charge is 0.262 e. The number of nitrogens with one attached hydrogen (secondary N) is 2. The molecule has 0 aliphatic carbocycles. The summed E-state index contributed by atoms with van der Waals surface area (Å²) < 4.78 is 28.1. The predicted molar refractivity (Wildman–Crippen MR) is 108 cm³/mol. The second-order valence-electron chi connectivity index (χ2n) is 5.49. The van der Waals surface area contributed by atoms with Gasteiger partial charge in [0.1, 0.15) is 5.75 Å². The van der Waals surface area contributed by atoms with Gasteiger partial charge in [-0.1, -0.05) is 55.8 Å². The molecule has 3 aromatic rings. The normalized spacial score (nSPS) is 10.8. The van der Waals surface area contributed by atoms with Gasteiger partial charge in [-0.05, 0) is 18.6 Å². The van der Waals surface area contributed by atoms with Crippen LogP contribution in [0.2, 0.25) is 5.02 Å². The summed E-state index contributed by atoms with van der Waals surface area (Å²) in [4.78, 5) is 10.8. The Hall–Kier alpha value is -2.64. The third-order valence-electron chi connectivity index (χ3n) is 3.81. The average molecular weight is 408 g/mol. The molecule has 8 heteroatoms. The van der Waals surface area contributed by atoms with Crippen molar-refractivity contribution in [1.82, 2.24) is 0 Å². The molecule has 0 aliphatic heterocycles. The van der Waals surface area contributed by atoms with Crippen LogP contribution in [0.15, 0.2) is 53.4 Å². The van der Waals surface area contributed by atoms with E-state index in [0.717, 1.165) is 0 Å². The summed E-state index contributed by atoms with van der Waals surface area (Å²) in [6, 6.07) is 12.4. The number of nitroso groups, excluding NO2 is 1. The topological polar surface area (TPSA) is 97.4 Å². The van der Waals surface area contributed by atoms with Crippen LogP contribution in [0, 0.1) is 11.8 Å². The molecule has 3 N–H and O–H groups in total. The standard InChI is InChI=1S/C17H13ClN2O4S.C2H6/c1-10-6-7-11(19-22)8-16(10)25(23,24)20-15-9-14(18)17(21)13-5-3-2-4-12(13)15;1-2/h2-9,20-21H,1H3;1-2H3/p+1. The summed E-state index contributed by atoms with van der Waals surface area (Å²) in [5, 5.41) is 12.7. The molecule has 0 spiro atoms. The van der Waals surface area contributed by atoms with E-state index in [-0.39, 0.29) is 27.0 Å². The summed E-state index contributed by atoms with van der Waals surface area (Å²) in [6.07, 6.45) is 0. The van der Waals surface area contributed by atoms with Gasteiger partial charge in [-0.25, -0.2) is 8.42 Å². The van der Waals surface area contributed by atoms with Crippen molar-refractivity contribution in [2.45, 2.75) is 25.7 Å². The van der Waals surface area contributed by atoms with Gasteiger partial charge in [-0.2, -0.15) is 0 Å². The number of fused-ring (bicyclic) bond motifs is 1. The number of anilines is 1. The second kappa shape index (κ2) is 8.37. The lowest BCUT2D eigenvalue weighted by atomic mass is 10.1. The molecule has 142 valence electrons. The summed E-state index contributed by atoms with van der Waals surface area (Å²) in [5.74, 6) is -0.117. The summed E-state index contributed by atoms with van der Waals surface area (Å²) in [6.45, 7) is 5.63. The van der Waals surface area contributed by atoms with Crippen LogP contribution >= 0.6 is 11.6 Å². The van der Waals surface area contributed by atoms with Gasteiger partial charge < -0.3 is 5.11 Å². The lowest BCUT2D eigenvalue weighted by molar-refractivity contribution is -0.379. The van der Waals surface area contributed by atoms with Crippen molar-refractivity contribution in [2.75, 3.05) is 4.72 Å². The van der Waals surface area contributed by atoms with Gasteiger partial charge >= 0.3 is 0 Å². The minimum absolute atomic E-state index is 0.0263. The van der Waals surface area contributed by atoms with E-state index in [0.29, 0.717) is 16.3 Å². The van der Waals surface area contributed by atoms with E-state index < -0.39 is 10.0 Å². The van der Waals surface area contributed by atoms with Crippen LogP contribution in [0.5, 0.6) is 5.75 Å². The van der Waals surface area contributed by atoms with E-state index in [1.807, 2.05) is 13.8 Å². The second-order valence-corrected chi connectivity index (χ2v) is 7.55. The number of phenols is 1. The van der Waals surface area contributed by atoms with E-state index in [9.17, 15) is 18.4 Å². The molecule has 3 rings (SSSR count). The Morgan fingerprint density at radius 1 is 1.04 bits per heavy atom. The van der Waals surface area contributed by atoms with Gasteiger partial charge in [0.25, 0.3) is 15.7 Å². The number of hydrogen-bond acceptors (Lipinski definition) is 4. The molecule has 0 saturated carbocycles. The number of rotatable bonds is 4. The van der Waals surface area contributed by atoms with Crippen molar-refractivity contribution in [3.05, 3.63) is 64.0 Å². The minimum atomic E-state index is -3.97. The van der Waals surface area contributed by atoms with Crippen LogP contribution in [-0.2, 0) is 10.0 Å². The van der Waals surface area contributed by atoms with Crippen molar-refractivity contribution < 1.29 is 18.7 Å². The van der Waals surface area contributed by atoms with E-state index in [2.05, 4.69) is 4.72 Å². The largest absolute Gasteiger partial charge is 0.506 e. The van der Waals surface area contributed by atoms with Crippen molar-refractivity contribution in [2.24, 2.45) is 0 Å². The zero-order valence-electron chi connectivity index (χ0n) is 15.1. The lowest BCUT2D eigenvalue weighted by Gasteiger charge is -2.14. The number of sulfonamides is 1. The summed E-state index contributed by atoms with van der Waals surface area (Å²) >= 11 is 6.01. The molecule has 27 heavy (non-hydrogen) atoms. The Kier molecular flexibility index (Phi) is 6.41. The molecule has 0 heterocycles. The van der Waals surface area contributed by atoms with Gasteiger partial charge in [0.2, 0.25) is 0 Å². The van der Waals surface area contributed by atoms with E-state index in [4.69, 9.17) is 11.6 Å². The maximum absolute atomic E-state index is 12.8. The van der Waals surface area contributed by atoms with Crippen LogP contribution in [0.25, 0.3) is 10.8 Å². The average Bonchev–Trinajstić information content (AvgIpc) is 2.67. The SMILES string of the molecule is CC.Cc1ccc([NH+]=O)cc1S(=O)(=O)Nc1cc(Cl)c(O)c2ccccc12. The highest BCUT2D eigenvalue weighted by Gasteiger charge is 2.21. The van der Waals surface area contributed by atoms with Crippen LogP contribution in [0.3, 0.4) is 0 Å². The zero-order valence-corrected chi connectivity index (χ0v) is 16.6. The molecular formula is C19H20ClN2O4S+. The molecule has 0 aliphatic rings. The number of aromatic hydroxyl groups is 1. The number of aryl methyl sites for hydroxylation is 1. The zero-order chi connectivity index (χ0) is 20.2. The van der Waals surface area contributed by atoms with Crippen LogP contribution in [0.1, 0.15) is 19.4 Å². The Bertz CT molecular complexity index is 1100. The first kappa shape index (κ1) is 20.7. The van der Waals surface area contributed by atoms with Gasteiger partial charge in [-0.15, -0.1) is 0 Å². The third-order valence-corrected chi connectivity index (χ3v) is 5.61. The van der Waals surface area contributed by atoms with Crippen molar-refractivity contribution in [3.63, 3.8) is 0 Å². The third kappa shape index (κ3) is 4.20. The molecule has 3 aromatic carbocycles. The molecule has 0 radical (unpaired) electrons. The molecule has 0 fully saturated rings. The molecule has 0 aromatic heterocycles. The fraction of sp³-hybridized carbons (Fsp3) is 0.158. The quantitative estimate of drug-likeness (QED) is 0.573. The highest BCUT2D eigenvalue weighted by molar-refractivity contribution is 7.92. The molecule has 0 amide bonds. The number of phenolic OH excluding ortho intramolecular Hbond substituents is 1. The van der Waals surface area contributed by atoms with E-state index in [1.54, 1.807) is 36.4 Å². The fourth-order valence-electron chi connectivity index (χ4n) is 2.56. The lowest BCUT2D eigenvalue weighted by Crippen LogP contribution is -2.55. The highest BCUT2D eigenvalue weighted by Crippen LogP contribution is 2.38. The monoisotopic (exact) mass is 407 g/mol. The maximum Gasteiger partial charge on any atom is 0.262 e. The van der Waals surface area contributed by atoms with E-state index >= 15 is 0 Å². The maximum atomic E-state index is 12.8. The first-order valence-electron chi connectivity index (χ1n) is 8.25. The first-order chi connectivity index (χ1) is 12.8. The number of hydrogen-bond donors (Lipinski definition) is 3. The number of benzene rings is 3. The Balaban J connectivity index is 0.00000126.